The molecule has 2 atom stereocenters. The maximum atomic E-state index is 13.2. The third kappa shape index (κ3) is 8.23. The molecule has 168 valence electrons. The summed E-state index contributed by atoms with van der Waals surface area (Å²) in [5.41, 5.74) is 2.17. The maximum absolute atomic E-state index is 13.2. The molecule has 2 rings (SSSR count). The van der Waals surface area contributed by atoms with Crippen LogP contribution in [0.1, 0.15) is 51.2 Å². The van der Waals surface area contributed by atoms with Crippen LogP contribution in [0.15, 0.2) is 53.4 Å². The second kappa shape index (κ2) is 12.8. The lowest BCUT2D eigenvalue weighted by molar-refractivity contribution is -0.141. The van der Waals surface area contributed by atoms with Gasteiger partial charge in [0, 0.05) is 34.7 Å². The Balaban J connectivity index is 2.13. The molecule has 31 heavy (non-hydrogen) atoms. The summed E-state index contributed by atoms with van der Waals surface area (Å²) in [6.45, 7) is 8.44. The van der Waals surface area contributed by atoms with Gasteiger partial charge < -0.3 is 10.2 Å². The average molecular weight is 461 g/mol. The summed E-state index contributed by atoms with van der Waals surface area (Å²) in [6, 6.07) is 15.3. The van der Waals surface area contributed by atoms with E-state index in [1.807, 2.05) is 70.2 Å². The van der Waals surface area contributed by atoms with E-state index < -0.39 is 6.04 Å². The minimum Gasteiger partial charge on any atom is -0.352 e. The molecule has 0 fully saturated rings. The predicted octanol–water partition coefficient (Wildman–Crippen LogP) is 5.85. The standard InChI is InChI=1S/C25H33ClN2O2S/c1-5-19(4)27-25(30)23(6-2)28(17-20-9-7-8-18(3)16-20)24(29)14-15-31-22-12-10-21(26)11-13-22/h7-13,16,19,23H,5-6,14-15,17H2,1-4H3,(H,27,30)/t19-,23+/m0/s1. The summed E-state index contributed by atoms with van der Waals surface area (Å²) in [5, 5.41) is 3.75. The van der Waals surface area contributed by atoms with Gasteiger partial charge in [-0.2, -0.15) is 0 Å². The monoisotopic (exact) mass is 460 g/mol. The number of halogens is 1. The Hall–Kier alpha value is -1.98. The number of aryl methyl sites for hydroxylation is 1. The first kappa shape index (κ1) is 25.3. The van der Waals surface area contributed by atoms with E-state index in [9.17, 15) is 9.59 Å². The van der Waals surface area contributed by atoms with Crippen LogP contribution in [0.5, 0.6) is 0 Å². The summed E-state index contributed by atoms with van der Waals surface area (Å²) >= 11 is 7.56. The van der Waals surface area contributed by atoms with E-state index in [-0.39, 0.29) is 17.9 Å². The summed E-state index contributed by atoms with van der Waals surface area (Å²) in [4.78, 5) is 29.0. The number of carbonyl (C=O) groups is 2. The van der Waals surface area contributed by atoms with E-state index in [4.69, 9.17) is 11.6 Å². The first-order chi connectivity index (χ1) is 14.8. The van der Waals surface area contributed by atoms with E-state index in [0.717, 1.165) is 22.4 Å². The highest BCUT2D eigenvalue weighted by Crippen LogP contribution is 2.22. The zero-order valence-corrected chi connectivity index (χ0v) is 20.4. The molecule has 2 aromatic carbocycles. The van der Waals surface area contributed by atoms with E-state index >= 15 is 0 Å². The predicted molar refractivity (Wildman–Crippen MR) is 130 cm³/mol. The zero-order valence-electron chi connectivity index (χ0n) is 18.9. The summed E-state index contributed by atoms with van der Waals surface area (Å²) in [7, 11) is 0. The Morgan fingerprint density at radius 2 is 1.81 bits per heavy atom. The molecular weight excluding hydrogens is 428 g/mol. The van der Waals surface area contributed by atoms with Crippen molar-refractivity contribution in [1.82, 2.24) is 10.2 Å². The Bertz CT molecular complexity index is 857. The molecule has 2 aromatic rings. The van der Waals surface area contributed by atoms with Gasteiger partial charge in [-0.1, -0.05) is 55.3 Å². The van der Waals surface area contributed by atoms with Crippen LogP contribution in [-0.2, 0) is 16.1 Å². The van der Waals surface area contributed by atoms with Gasteiger partial charge in [0.25, 0.3) is 0 Å². The van der Waals surface area contributed by atoms with Gasteiger partial charge in [-0.05, 0) is 56.5 Å². The summed E-state index contributed by atoms with van der Waals surface area (Å²) in [5.74, 6) is 0.561. The van der Waals surface area contributed by atoms with Crippen molar-refractivity contribution in [2.75, 3.05) is 5.75 Å². The topological polar surface area (TPSA) is 49.4 Å². The van der Waals surface area contributed by atoms with Gasteiger partial charge in [-0.3, -0.25) is 9.59 Å². The Labute approximate surface area is 195 Å². The molecule has 0 aliphatic heterocycles. The van der Waals surface area contributed by atoms with Crippen LogP contribution >= 0.6 is 23.4 Å². The van der Waals surface area contributed by atoms with Gasteiger partial charge in [-0.15, -0.1) is 11.8 Å². The van der Waals surface area contributed by atoms with Gasteiger partial charge in [0.05, 0.1) is 0 Å². The van der Waals surface area contributed by atoms with Crippen LogP contribution in [-0.4, -0.2) is 34.6 Å². The molecule has 1 N–H and O–H groups in total. The van der Waals surface area contributed by atoms with E-state index in [2.05, 4.69) is 11.4 Å². The Morgan fingerprint density at radius 3 is 2.42 bits per heavy atom. The van der Waals surface area contributed by atoms with Crippen LogP contribution in [0, 0.1) is 6.92 Å². The molecule has 4 nitrogen and oxygen atoms in total. The van der Waals surface area contributed by atoms with E-state index in [0.29, 0.717) is 30.2 Å². The van der Waals surface area contributed by atoms with Gasteiger partial charge in [0.1, 0.15) is 6.04 Å². The smallest absolute Gasteiger partial charge is 0.243 e. The van der Waals surface area contributed by atoms with Crippen LogP contribution < -0.4 is 5.32 Å². The number of rotatable bonds is 11. The number of hydrogen-bond acceptors (Lipinski definition) is 3. The number of nitrogens with one attached hydrogen (secondary N) is 1. The van der Waals surface area contributed by atoms with Crippen LogP contribution in [0.3, 0.4) is 0 Å². The summed E-state index contributed by atoms with van der Waals surface area (Å²) in [6.07, 6.45) is 1.79. The van der Waals surface area contributed by atoms with Crippen LogP contribution in [0.4, 0.5) is 0 Å². The highest BCUT2D eigenvalue weighted by Gasteiger charge is 2.29. The fraction of sp³-hybridized carbons (Fsp3) is 0.440. The van der Waals surface area contributed by atoms with Crippen molar-refractivity contribution in [2.45, 2.75) is 70.5 Å². The first-order valence-electron chi connectivity index (χ1n) is 10.9. The second-order valence-electron chi connectivity index (χ2n) is 7.81. The molecule has 0 aromatic heterocycles. The molecule has 0 saturated carbocycles. The number of benzene rings is 2. The average Bonchev–Trinajstić information content (AvgIpc) is 2.74. The molecule has 0 aliphatic rings. The van der Waals surface area contributed by atoms with Crippen molar-refractivity contribution in [3.63, 3.8) is 0 Å². The lowest BCUT2D eigenvalue weighted by Crippen LogP contribution is -2.50. The highest BCUT2D eigenvalue weighted by atomic mass is 35.5. The van der Waals surface area contributed by atoms with Crippen molar-refractivity contribution in [3.8, 4) is 0 Å². The van der Waals surface area contributed by atoms with Crippen molar-refractivity contribution in [3.05, 3.63) is 64.7 Å². The molecule has 0 heterocycles. The third-order valence-corrected chi connectivity index (χ3v) is 6.49. The lowest BCUT2D eigenvalue weighted by atomic mass is 10.1. The van der Waals surface area contributed by atoms with Crippen LogP contribution in [0.25, 0.3) is 0 Å². The largest absolute Gasteiger partial charge is 0.352 e. The van der Waals surface area contributed by atoms with Gasteiger partial charge >= 0.3 is 0 Å². The molecular formula is C25H33ClN2O2S. The molecule has 0 aliphatic carbocycles. The quantitative estimate of drug-likeness (QED) is 0.427. The fourth-order valence-electron chi connectivity index (χ4n) is 3.30. The molecule has 6 heteroatoms. The highest BCUT2D eigenvalue weighted by molar-refractivity contribution is 7.99. The van der Waals surface area contributed by atoms with Crippen molar-refractivity contribution >= 4 is 35.2 Å². The van der Waals surface area contributed by atoms with Gasteiger partial charge in [-0.25, -0.2) is 0 Å². The van der Waals surface area contributed by atoms with E-state index in [1.165, 1.54) is 0 Å². The van der Waals surface area contributed by atoms with Crippen molar-refractivity contribution < 1.29 is 9.59 Å². The van der Waals surface area contributed by atoms with Gasteiger partial charge in [0.2, 0.25) is 11.8 Å². The molecule has 0 bridgehead atoms. The normalized spacial score (nSPS) is 12.8. The molecule has 2 amide bonds. The number of thioether (sulfide) groups is 1. The second-order valence-corrected chi connectivity index (χ2v) is 9.41. The minimum absolute atomic E-state index is 0.00544. The van der Waals surface area contributed by atoms with Crippen molar-refractivity contribution in [1.29, 1.82) is 0 Å². The van der Waals surface area contributed by atoms with Crippen LogP contribution in [0.2, 0.25) is 5.02 Å². The number of hydrogen-bond donors (Lipinski definition) is 1. The first-order valence-corrected chi connectivity index (χ1v) is 12.2. The Morgan fingerprint density at radius 1 is 1.10 bits per heavy atom. The number of carbonyl (C=O) groups excluding carboxylic acids is 2. The zero-order chi connectivity index (χ0) is 22.8. The lowest BCUT2D eigenvalue weighted by Gasteiger charge is -2.31. The molecule has 0 radical (unpaired) electrons. The SMILES string of the molecule is CC[C@H](C(=O)N[C@@H](C)CC)N(Cc1cccc(C)c1)C(=O)CCSc1ccc(Cl)cc1. The third-order valence-electron chi connectivity index (χ3n) is 5.22. The number of nitrogens with zero attached hydrogens (tertiary/aromatic N) is 1. The summed E-state index contributed by atoms with van der Waals surface area (Å²) < 4.78 is 0. The number of amides is 2. The molecule has 0 saturated heterocycles. The molecule has 0 spiro atoms. The van der Waals surface area contributed by atoms with Gasteiger partial charge in [0.15, 0.2) is 0 Å². The Kier molecular flexibility index (Phi) is 10.4. The van der Waals surface area contributed by atoms with Crippen molar-refractivity contribution in [2.24, 2.45) is 0 Å². The minimum atomic E-state index is -0.484. The van der Waals surface area contributed by atoms with E-state index in [1.54, 1.807) is 16.7 Å². The maximum Gasteiger partial charge on any atom is 0.243 e. The fourth-order valence-corrected chi connectivity index (χ4v) is 4.27. The molecule has 0 unspecified atom stereocenters.